The van der Waals surface area contributed by atoms with Crippen LogP contribution in [0.5, 0.6) is 0 Å². The molecule has 0 atom stereocenters. The molecule has 1 aromatic carbocycles. The number of hydrogen-bond acceptors (Lipinski definition) is 5. The van der Waals surface area contributed by atoms with Crippen molar-refractivity contribution in [3.8, 4) is 0 Å². The van der Waals surface area contributed by atoms with Crippen molar-refractivity contribution in [2.75, 3.05) is 0 Å². The fourth-order valence-electron chi connectivity index (χ4n) is 4.81. The molecule has 0 aliphatic heterocycles. The first-order chi connectivity index (χ1) is 15.7. The van der Waals surface area contributed by atoms with Gasteiger partial charge in [0, 0.05) is 23.2 Å². The highest BCUT2D eigenvalue weighted by Gasteiger charge is 2.34. The summed E-state index contributed by atoms with van der Waals surface area (Å²) >= 11 is 0. The maximum Gasteiger partial charge on any atom is 0.405 e. The van der Waals surface area contributed by atoms with Gasteiger partial charge in [-0.05, 0) is 50.8 Å². The van der Waals surface area contributed by atoms with E-state index >= 15 is 0 Å². The van der Waals surface area contributed by atoms with Gasteiger partial charge in [0.05, 0.1) is 22.1 Å². The first-order valence-corrected chi connectivity index (χ1v) is 12.1. The molecule has 1 fully saturated rings. The molecule has 0 saturated heterocycles. The first kappa shape index (κ1) is 21.3. The number of aromatic amines is 1. The second kappa shape index (κ2) is 7.48. The summed E-state index contributed by atoms with van der Waals surface area (Å²) in [4.78, 5) is 31.3. The number of imidazole rings is 1. The molecule has 33 heavy (non-hydrogen) atoms. The number of rotatable bonds is 4. The van der Waals surface area contributed by atoms with Crippen molar-refractivity contribution in [2.24, 2.45) is 0 Å². The minimum Gasteiger partial charge on any atom is -0.465 e. The summed E-state index contributed by atoms with van der Waals surface area (Å²) in [5, 5.41) is 12.2. The number of fused-ring (bicyclic) bond motifs is 3. The number of amides is 1. The van der Waals surface area contributed by atoms with Gasteiger partial charge in [-0.25, -0.2) is 27.0 Å². The molecular weight excluding hydrogens is 446 g/mol. The molecule has 172 valence electrons. The van der Waals surface area contributed by atoms with Gasteiger partial charge in [0.1, 0.15) is 0 Å². The second-order valence-electron chi connectivity index (χ2n) is 8.71. The topological polar surface area (TPSA) is 139 Å². The molecule has 1 aliphatic carbocycles. The maximum absolute atomic E-state index is 13.2. The lowest BCUT2D eigenvalue weighted by molar-refractivity contribution is 0.158. The third-order valence-corrected chi connectivity index (χ3v) is 8.17. The lowest BCUT2D eigenvalue weighted by Crippen LogP contribution is -2.48. The predicted molar refractivity (Wildman–Crippen MR) is 122 cm³/mol. The van der Waals surface area contributed by atoms with Crippen molar-refractivity contribution < 1.29 is 18.3 Å². The highest BCUT2D eigenvalue weighted by Crippen LogP contribution is 2.37. The molecule has 0 bridgehead atoms. The van der Waals surface area contributed by atoms with E-state index in [1.54, 1.807) is 28.8 Å². The van der Waals surface area contributed by atoms with Gasteiger partial charge in [0.2, 0.25) is 0 Å². The number of nitrogens with one attached hydrogen (secondary N) is 2. The van der Waals surface area contributed by atoms with E-state index in [1.165, 1.54) is 24.5 Å². The Morgan fingerprint density at radius 1 is 1.21 bits per heavy atom. The molecule has 0 unspecified atom stereocenters. The van der Waals surface area contributed by atoms with E-state index in [0.29, 0.717) is 42.1 Å². The molecular formula is C22H23N5O5S. The van der Waals surface area contributed by atoms with E-state index in [-0.39, 0.29) is 22.3 Å². The highest BCUT2D eigenvalue weighted by atomic mass is 32.2. The monoisotopic (exact) mass is 469 g/mol. The average molecular weight is 470 g/mol. The van der Waals surface area contributed by atoms with E-state index < -0.39 is 21.7 Å². The number of nitrogens with zero attached hydrogens (tertiary/aromatic N) is 3. The van der Waals surface area contributed by atoms with Crippen molar-refractivity contribution in [1.82, 2.24) is 23.8 Å². The van der Waals surface area contributed by atoms with Crippen molar-refractivity contribution in [1.29, 1.82) is 0 Å². The summed E-state index contributed by atoms with van der Waals surface area (Å²) < 4.78 is 29.2. The summed E-state index contributed by atoms with van der Waals surface area (Å²) in [5.74, 6) is 0. The first-order valence-electron chi connectivity index (χ1n) is 10.6. The van der Waals surface area contributed by atoms with E-state index in [4.69, 9.17) is 5.11 Å². The Morgan fingerprint density at radius 3 is 2.58 bits per heavy atom. The van der Waals surface area contributed by atoms with Crippen LogP contribution in [0.3, 0.4) is 0 Å². The van der Waals surface area contributed by atoms with Crippen molar-refractivity contribution >= 4 is 38.2 Å². The zero-order valence-electron chi connectivity index (χ0n) is 17.9. The summed E-state index contributed by atoms with van der Waals surface area (Å²) in [5.41, 5.74) is 0.540. The summed E-state index contributed by atoms with van der Waals surface area (Å²) in [6.45, 7) is 1.87. The van der Waals surface area contributed by atoms with Crippen LogP contribution in [-0.4, -0.2) is 43.7 Å². The average Bonchev–Trinajstić information content (AvgIpc) is 3.35. The molecule has 1 saturated carbocycles. The van der Waals surface area contributed by atoms with Crippen molar-refractivity contribution in [2.45, 2.75) is 49.1 Å². The molecule has 3 aromatic heterocycles. The van der Waals surface area contributed by atoms with Gasteiger partial charge in [-0.1, -0.05) is 18.2 Å². The van der Waals surface area contributed by atoms with Gasteiger partial charge in [-0.15, -0.1) is 0 Å². The predicted octanol–water partition coefficient (Wildman–Crippen LogP) is 3.06. The number of carboxylic acid groups (broad SMARTS) is 1. The van der Waals surface area contributed by atoms with Crippen LogP contribution < -0.4 is 11.0 Å². The fourth-order valence-corrected chi connectivity index (χ4v) is 6.13. The Labute approximate surface area is 188 Å². The lowest BCUT2D eigenvalue weighted by Gasteiger charge is -2.37. The van der Waals surface area contributed by atoms with Crippen LogP contribution in [0.1, 0.15) is 38.6 Å². The number of carbonyl (C=O) groups is 1. The summed E-state index contributed by atoms with van der Waals surface area (Å²) in [6, 6.07) is 9.62. The van der Waals surface area contributed by atoms with Crippen LogP contribution in [-0.2, 0) is 10.0 Å². The lowest BCUT2D eigenvalue weighted by atomic mass is 9.80. The van der Waals surface area contributed by atoms with E-state index in [2.05, 4.69) is 15.3 Å². The molecule has 1 amide bonds. The second-order valence-corrected chi connectivity index (χ2v) is 10.5. The number of aromatic nitrogens is 4. The van der Waals surface area contributed by atoms with E-state index in [1.807, 2.05) is 6.92 Å². The Balaban J connectivity index is 1.60. The summed E-state index contributed by atoms with van der Waals surface area (Å²) in [6.07, 6.45) is 4.25. The van der Waals surface area contributed by atoms with Gasteiger partial charge < -0.3 is 15.4 Å². The van der Waals surface area contributed by atoms with Crippen LogP contribution >= 0.6 is 0 Å². The molecule has 5 rings (SSSR count). The Hall–Kier alpha value is -3.60. The van der Waals surface area contributed by atoms with Crippen molar-refractivity contribution in [3.63, 3.8) is 0 Å². The fraction of sp³-hybridized carbons (Fsp3) is 0.318. The third kappa shape index (κ3) is 3.48. The van der Waals surface area contributed by atoms with Crippen LogP contribution in [0.15, 0.2) is 58.5 Å². The minimum absolute atomic E-state index is 0.144. The summed E-state index contributed by atoms with van der Waals surface area (Å²) in [7, 11) is -3.86. The van der Waals surface area contributed by atoms with Gasteiger partial charge >= 0.3 is 11.8 Å². The van der Waals surface area contributed by atoms with E-state index in [9.17, 15) is 18.0 Å². The van der Waals surface area contributed by atoms with Crippen molar-refractivity contribution in [3.05, 3.63) is 59.3 Å². The maximum atomic E-state index is 13.2. The highest BCUT2D eigenvalue weighted by molar-refractivity contribution is 7.90. The van der Waals surface area contributed by atoms with Crippen LogP contribution in [0.4, 0.5) is 4.79 Å². The molecule has 3 heterocycles. The number of hydrogen-bond donors (Lipinski definition) is 3. The third-order valence-electron chi connectivity index (χ3n) is 6.49. The molecule has 1 aliphatic rings. The number of pyridine rings is 1. The molecule has 10 nitrogen and oxygen atoms in total. The molecule has 11 heteroatoms. The van der Waals surface area contributed by atoms with E-state index in [0.717, 1.165) is 3.97 Å². The zero-order chi connectivity index (χ0) is 23.4. The smallest absolute Gasteiger partial charge is 0.405 e. The molecule has 4 aromatic rings. The SMILES string of the molecule is C[C@]1(NC(=O)O)CC[C@@H](n2c(=O)[nH]c3cnc4c(ccn4S(=O)(=O)c4ccccc4)c32)CC1. The normalized spacial score (nSPS) is 21.4. The zero-order valence-corrected chi connectivity index (χ0v) is 18.7. The van der Waals surface area contributed by atoms with Gasteiger partial charge in [-0.3, -0.25) is 4.57 Å². The van der Waals surface area contributed by atoms with Gasteiger partial charge in [0.25, 0.3) is 10.0 Å². The quantitative estimate of drug-likeness (QED) is 0.420. The molecule has 0 radical (unpaired) electrons. The van der Waals surface area contributed by atoms with Gasteiger partial charge in [-0.2, -0.15) is 0 Å². The largest absolute Gasteiger partial charge is 0.465 e. The number of benzene rings is 1. The minimum atomic E-state index is -3.86. The molecule has 0 spiro atoms. The Bertz CT molecular complexity index is 1530. The Morgan fingerprint density at radius 2 is 1.91 bits per heavy atom. The molecule has 3 N–H and O–H groups in total. The van der Waals surface area contributed by atoms with Gasteiger partial charge in [0.15, 0.2) is 5.65 Å². The van der Waals surface area contributed by atoms with Crippen LogP contribution in [0.2, 0.25) is 0 Å². The standard InChI is InChI=1S/C22H23N5O5S/c1-22(25-21(29)30)10-7-14(8-11-22)27-18-16-9-12-26(19(16)23-13-17(18)24-20(27)28)33(31,32)15-5-3-2-4-6-15/h2-6,9,12-14,25H,7-8,10-11H2,1H3,(H,24,28)(H,29,30)/t14-,22+. The number of H-pyrrole nitrogens is 1. The van der Waals surface area contributed by atoms with Crippen LogP contribution in [0, 0.1) is 0 Å². The van der Waals surface area contributed by atoms with Crippen LogP contribution in [0.25, 0.3) is 22.1 Å². The Kier molecular flexibility index (Phi) is 4.82.